The first kappa shape index (κ1) is 12.6. The van der Waals surface area contributed by atoms with Gasteiger partial charge in [-0.2, -0.15) is 14.7 Å². The van der Waals surface area contributed by atoms with Crippen molar-refractivity contribution >= 4 is 10.0 Å². The van der Waals surface area contributed by atoms with Crippen molar-refractivity contribution in [2.24, 2.45) is 0 Å². The zero-order chi connectivity index (χ0) is 12.3. The molecule has 0 aromatic carbocycles. The molecule has 0 fully saturated rings. The van der Waals surface area contributed by atoms with Crippen LogP contribution < -0.4 is 0 Å². The van der Waals surface area contributed by atoms with Crippen molar-refractivity contribution in [2.75, 3.05) is 7.05 Å². The van der Waals surface area contributed by atoms with Crippen LogP contribution in [-0.4, -0.2) is 40.2 Å². The summed E-state index contributed by atoms with van der Waals surface area (Å²) in [4.78, 5) is 3.99. The third kappa shape index (κ3) is 2.56. The van der Waals surface area contributed by atoms with Crippen LogP contribution in [0.3, 0.4) is 0 Å². The van der Waals surface area contributed by atoms with Gasteiger partial charge in [-0.15, -0.1) is 0 Å². The number of hydrogen-bond acceptors (Lipinski definition) is 5. The van der Waals surface area contributed by atoms with Crippen molar-refractivity contribution < 1.29 is 8.42 Å². The predicted molar refractivity (Wildman–Crippen MR) is 56.6 cm³/mol. The highest BCUT2D eigenvalue weighted by Crippen LogP contribution is 2.08. The second-order valence-corrected chi connectivity index (χ2v) is 5.77. The van der Waals surface area contributed by atoms with Gasteiger partial charge in [0.15, 0.2) is 11.1 Å². The number of aromatic amines is 1. The lowest BCUT2D eigenvalue weighted by atomic mass is 10.5. The maximum atomic E-state index is 11.7. The minimum atomic E-state index is -3.60. The van der Waals surface area contributed by atoms with Crippen molar-refractivity contribution in [2.45, 2.75) is 25.6 Å². The summed E-state index contributed by atoms with van der Waals surface area (Å²) in [6.07, 6.45) is 0. The second kappa shape index (κ2) is 4.59. The Kier molecular flexibility index (Phi) is 3.62. The molecule has 16 heavy (non-hydrogen) atoms. The molecule has 88 valence electrons. The van der Waals surface area contributed by atoms with Crippen LogP contribution in [0.5, 0.6) is 0 Å². The molecule has 1 heterocycles. The normalized spacial score (nSPS) is 13.7. The average molecular weight is 243 g/mol. The standard InChI is InChI=1S/C8H13N5O2S/c1-6(4-9)16(14,15)13(3)5-8-10-7(2)11-12-8/h6H,5H2,1-3H3,(H,10,11,12). The summed E-state index contributed by atoms with van der Waals surface area (Å²) < 4.78 is 24.5. The summed E-state index contributed by atoms with van der Waals surface area (Å²) in [6, 6.07) is 1.70. The highest BCUT2D eigenvalue weighted by atomic mass is 32.2. The zero-order valence-electron chi connectivity index (χ0n) is 9.30. The molecule has 0 aliphatic rings. The minimum absolute atomic E-state index is 0.0543. The Morgan fingerprint density at radius 2 is 2.25 bits per heavy atom. The van der Waals surface area contributed by atoms with Crippen molar-refractivity contribution in [1.82, 2.24) is 19.5 Å². The molecule has 0 radical (unpaired) electrons. The smallest absolute Gasteiger partial charge is 0.230 e. The predicted octanol–water partition coefficient (Wildman–Crippen LogP) is -0.213. The van der Waals surface area contributed by atoms with Gasteiger partial charge in [0.2, 0.25) is 10.0 Å². The molecule has 0 amide bonds. The van der Waals surface area contributed by atoms with Gasteiger partial charge in [0.1, 0.15) is 5.82 Å². The maximum absolute atomic E-state index is 11.7. The molecular formula is C8H13N5O2S. The molecule has 8 heteroatoms. The van der Waals surface area contributed by atoms with Crippen molar-refractivity contribution in [3.63, 3.8) is 0 Å². The van der Waals surface area contributed by atoms with E-state index in [-0.39, 0.29) is 6.54 Å². The van der Waals surface area contributed by atoms with E-state index in [0.29, 0.717) is 11.6 Å². The van der Waals surface area contributed by atoms with Gasteiger partial charge in [-0.25, -0.2) is 13.4 Å². The Hall–Kier alpha value is -1.46. The van der Waals surface area contributed by atoms with Crippen molar-refractivity contribution in [1.29, 1.82) is 5.26 Å². The monoisotopic (exact) mass is 243 g/mol. The summed E-state index contributed by atoms with van der Waals surface area (Å²) in [6.45, 7) is 3.12. The molecule has 0 aliphatic heterocycles. The van der Waals surface area contributed by atoms with Gasteiger partial charge in [0.05, 0.1) is 12.6 Å². The topological polar surface area (TPSA) is 103 Å². The number of H-pyrrole nitrogens is 1. The van der Waals surface area contributed by atoms with E-state index in [1.165, 1.54) is 14.0 Å². The van der Waals surface area contributed by atoms with E-state index >= 15 is 0 Å². The summed E-state index contributed by atoms with van der Waals surface area (Å²) in [5, 5.41) is 14.0. The quantitative estimate of drug-likeness (QED) is 0.788. The fourth-order valence-electron chi connectivity index (χ4n) is 1.09. The SMILES string of the molecule is Cc1nc(CN(C)S(=O)(=O)C(C)C#N)n[nH]1. The molecular weight excluding hydrogens is 230 g/mol. The lowest BCUT2D eigenvalue weighted by Crippen LogP contribution is -2.33. The van der Waals surface area contributed by atoms with Crippen molar-refractivity contribution in [3.05, 3.63) is 11.6 Å². The van der Waals surface area contributed by atoms with Crippen LogP contribution in [0.2, 0.25) is 0 Å². The van der Waals surface area contributed by atoms with Gasteiger partial charge in [0, 0.05) is 7.05 Å². The van der Waals surface area contributed by atoms with E-state index in [1.807, 2.05) is 0 Å². The van der Waals surface area contributed by atoms with Gasteiger partial charge in [-0.1, -0.05) is 0 Å². The third-order valence-electron chi connectivity index (χ3n) is 2.07. The largest absolute Gasteiger partial charge is 0.263 e. The first-order valence-corrected chi connectivity index (χ1v) is 6.11. The zero-order valence-corrected chi connectivity index (χ0v) is 10.1. The maximum Gasteiger partial charge on any atom is 0.230 e. The first-order chi connectivity index (χ1) is 7.37. The van der Waals surface area contributed by atoms with Crippen LogP contribution in [0.15, 0.2) is 0 Å². The number of hydrogen-bond donors (Lipinski definition) is 1. The molecule has 1 N–H and O–H groups in total. The van der Waals surface area contributed by atoms with Gasteiger partial charge in [-0.3, -0.25) is 5.10 Å². The Balaban J connectivity index is 2.81. The van der Waals surface area contributed by atoms with Gasteiger partial charge in [-0.05, 0) is 13.8 Å². The summed E-state index contributed by atoms with van der Waals surface area (Å²) >= 11 is 0. The lowest BCUT2D eigenvalue weighted by Gasteiger charge is -2.16. The number of nitriles is 1. The number of nitrogens with zero attached hydrogens (tertiary/aromatic N) is 4. The second-order valence-electron chi connectivity index (χ2n) is 3.41. The van der Waals surface area contributed by atoms with E-state index in [2.05, 4.69) is 15.2 Å². The van der Waals surface area contributed by atoms with Gasteiger partial charge in [0.25, 0.3) is 0 Å². The Morgan fingerprint density at radius 3 is 2.69 bits per heavy atom. The van der Waals surface area contributed by atoms with Crippen LogP contribution in [0, 0.1) is 18.3 Å². The molecule has 1 aromatic heterocycles. The van der Waals surface area contributed by atoms with E-state index in [0.717, 1.165) is 4.31 Å². The third-order valence-corrected chi connectivity index (χ3v) is 4.07. The molecule has 7 nitrogen and oxygen atoms in total. The Morgan fingerprint density at radius 1 is 1.62 bits per heavy atom. The van der Waals surface area contributed by atoms with Crippen LogP contribution in [0.4, 0.5) is 0 Å². The highest BCUT2D eigenvalue weighted by Gasteiger charge is 2.26. The van der Waals surface area contributed by atoms with Crippen molar-refractivity contribution in [3.8, 4) is 6.07 Å². The first-order valence-electron chi connectivity index (χ1n) is 4.60. The fraction of sp³-hybridized carbons (Fsp3) is 0.625. The van der Waals surface area contributed by atoms with Crippen LogP contribution >= 0.6 is 0 Å². The Bertz CT molecular complexity index is 501. The van der Waals surface area contributed by atoms with Gasteiger partial charge >= 0.3 is 0 Å². The number of aromatic nitrogens is 3. The van der Waals surface area contributed by atoms with E-state index in [1.54, 1.807) is 13.0 Å². The molecule has 0 aliphatic carbocycles. The van der Waals surface area contributed by atoms with Crippen LogP contribution in [-0.2, 0) is 16.6 Å². The summed E-state index contributed by atoms with van der Waals surface area (Å²) in [5.41, 5.74) is 0. The van der Waals surface area contributed by atoms with Crippen LogP contribution in [0.25, 0.3) is 0 Å². The van der Waals surface area contributed by atoms with Gasteiger partial charge < -0.3 is 0 Å². The number of nitrogens with one attached hydrogen (secondary N) is 1. The van der Waals surface area contributed by atoms with E-state index in [9.17, 15) is 8.42 Å². The summed E-state index contributed by atoms with van der Waals surface area (Å²) in [5.74, 6) is 1.00. The fourth-order valence-corrected chi connectivity index (χ4v) is 2.05. The molecule has 1 aromatic rings. The lowest BCUT2D eigenvalue weighted by molar-refractivity contribution is 0.454. The van der Waals surface area contributed by atoms with E-state index < -0.39 is 15.3 Å². The molecule has 0 bridgehead atoms. The van der Waals surface area contributed by atoms with E-state index in [4.69, 9.17) is 5.26 Å². The average Bonchev–Trinajstić information content (AvgIpc) is 2.62. The number of sulfonamides is 1. The molecule has 1 unspecified atom stereocenters. The molecule has 1 rings (SSSR count). The molecule has 1 atom stereocenters. The Labute approximate surface area is 94.2 Å². The molecule has 0 saturated heterocycles. The minimum Gasteiger partial charge on any atom is -0.263 e. The highest BCUT2D eigenvalue weighted by molar-refractivity contribution is 7.89. The molecule has 0 saturated carbocycles. The van der Waals surface area contributed by atoms with Crippen LogP contribution in [0.1, 0.15) is 18.6 Å². The number of aryl methyl sites for hydroxylation is 1. The molecule has 0 spiro atoms. The number of rotatable bonds is 4. The summed E-state index contributed by atoms with van der Waals surface area (Å²) in [7, 11) is -2.20.